The monoisotopic (exact) mass is 396 g/mol. The number of nitrogens with one attached hydrogen (secondary N) is 1. The van der Waals surface area contributed by atoms with Crippen LogP contribution in [0.15, 0.2) is 42.5 Å². The fraction of sp³-hybridized carbons (Fsp3) is 0.333. The first-order valence-corrected chi connectivity index (χ1v) is 9.84. The lowest BCUT2D eigenvalue weighted by molar-refractivity contribution is 0.0646. The number of nitrogens with zero attached hydrogens (tertiary/aromatic N) is 1. The average molecular weight is 397 g/mol. The van der Waals surface area contributed by atoms with Crippen molar-refractivity contribution in [3.8, 4) is 5.75 Å². The molecule has 5 N–H and O–H groups in total. The second-order valence-corrected chi connectivity index (χ2v) is 7.91. The molecule has 4 rings (SSSR count). The van der Waals surface area contributed by atoms with E-state index in [0.29, 0.717) is 31.8 Å². The highest BCUT2D eigenvalue weighted by Gasteiger charge is 2.43. The number of ether oxygens (including phenoxy) is 1. The number of piperidine rings is 1. The normalized spacial score (nSPS) is 17.1. The van der Waals surface area contributed by atoms with Gasteiger partial charge in [0.25, 0.3) is 5.91 Å². The maximum absolute atomic E-state index is 13.0. The number of rotatable bonds is 3. The third kappa shape index (κ3) is 3.43. The summed E-state index contributed by atoms with van der Waals surface area (Å²) in [4.78, 5) is 14.9. The van der Waals surface area contributed by atoms with E-state index in [4.69, 9.17) is 28.4 Å². The molecular formula is C21H24N4O2S. The Hall–Kier alpha value is -2.64. The van der Waals surface area contributed by atoms with Gasteiger partial charge < -0.3 is 26.4 Å². The van der Waals surface area contributed by atoms with Gasteiger partial charge in [0.1, 0.15) is 5.75 Å². The zero-order valence-electron chi connectivity index (χ0n) is 15.6. The van der Waals surface area contributed by atoms with Crippen LogP contribution in [-0.2, 0) is 12.0 Å². The van der Waals surface area contributed by atoms with Crippen molar-refractivity contribution >= 4 is 28.9 Å². The van der Waals surface area contributed by atoms with Crippen LogP contribution in [0.2, 0.25) is 0 Å². The van der Waals surface area contributed by atoms with Crippen LogP contribution in [0, 0.1) is 0 Å². The van der Waals surface area contributed by atoms with Gasteiger partial charge >= 0.3 is 0 Å². The molecule has 6 nitrogen and oxygen atoms in total. The smallest absolute Gasteiger partial charge is 0.253 e. The molecule has 1 saturated heterocycles. The molecule has 0 aromatic heterocycles. The maximum Gasteiger partial charge on any atom is 0.253 e. The summed E-state index contributed by atoms with van der Waals surface area (Å²) in [5, 5.41) is 3.06. The van der Waals surface area contributed by atoms with Crippen molar-refractivity contribution in [1.29, 1.82) is 0 Å². The Kier molecular flexibility index (Phi) is 4.95. The van der Waals surface area contributed by atoms with E-state index in [2.05, 4.69) is 11.4 Å². The average Bonchev–Trinajstić information content (AvgIpc) is 3.05. The van der Waals surface area contributed by atoms with Crippen LogP contribution < -0.4 is 21.5 Å². The first-order chi connectivity index (χ1) is 13.5. The Bertz CT molecular complexity index is 922. The van der Waals surface area contributed by atoms with Crippen molar-refractivity contribution in [2.45, 2.75) is 24.8 Å². The Balaban J connectivity index is 1.48. The first-order valence-electron chi connectivity index (χ1n) is 9.43. The number of hydrogen-bond donors (Lipinski definition) is 3. The second kappa shape index (κ2) is 7.41. The van der Waals surface area contributed by atoms with Crippen molar-refractivity contribution < 1.29 is 9.53 Å². The zero-order valence-corrected chi connectivity index (χ0v) is 16.4. The number of hydrogen-bond acceptors (Lipinski definition) is 4. The third-order valence-electron chi connectivity index (χ3n) is 5.74. The molecule has 2 aliphatic heterocycles. The number of fused-ring (bicyclic) bond motifs is 2. The maximum atomic E-state index is 13.0. The Labute approximate surface area is 169 Å². The van der Waals surface area contributed by atoms with Crippen LogP contribution in [0.5, 0.6) is 5.75 Å². The molecule has 2 aromatic rings. The number of thiocarbonyl (C=S) groups is 1. The van der Waals surface area contributed by atoms with Gasteiger partial charge in [-0.1, -0.05) is 18.2 Å². The molecule has 2 aliphatic rings. The summed E-state index contributed by atoms with van der Waals surface area (Å²) in [7, 11) is 0. The predicted molar refractivity (Wildman–Crippen MR) is 113 cm³/mol. The molecule has 1 fully saturated rings. The molecule has 2 heterocycles. The standard InChI is InChI=1S/C21H24N4O2S/c22-12-14-4-5-18-17(10-14)21(13-27-18)6-8-25(9-7-21)19(26)15-2-1-3-16(11-15)24-20(23)28/h1-5,10-11H,6-9,12-13,22H2,(H3,23,24,28). The van der Waals surface area contributed by atoms with Gasteiger partial charge in [0, 0.05) is 41.9 Å². The lowest BCUT2D eigenvalue weighted by atomic mass is 9.74. The van der Waals surface area contributed by atoms with Crippen molar-refractivity contribution in [1.82, 2.24) is 4.90 Å². The highest BCUT2D eigenvalue weighted by Crippen LogP contribution is 2.46. The molecular weight excluding hydrogens is 372 g/mol. The van der Waals surface area contributed by atoms with Gasteiger partial charge in [0.2, 0.25) is 0 Å². The molecule has 28 heavy (non-hydrogen) atoms. The molecule has 0 atom stereocenters. The lowest BCUT2D eigenvalue weighted by Gasteiger charge is -2.38. The summed E-state index contributed by atoms with van der Waals surface area (Å²) in [5.74, 6) is 0.977. The summed E-state index contributed by atoms with van der Waals surface area (Å²) in [6.45, 7) is 2.58. The minimum absolute atomic E-state index is 0.0214. The van der Waals surface area contributed by atoms with Crippen LogP contribution in [0.3, 0.4) is 0 Å². The SMILES string of the molecule is NCc1ccc2c(c1)C1(CCN(C(=O)c3cccc(NC(N)=S)c3)CC1)CO2. The van der Waals surface area contributed by atoms with Gasteiger partial charge in [0.15, 0.2) is 5.11 Å². The minimum Gasteiger partial charge on any atom is -0.492 e. The van der Waals surface area contributed by atoms with E-state index in [-0.39, 0.29) is 16.4 Å². The van der Waals surface area contributed by atoms with E-state index in [1.807, 2.05) is 35.2 Å². The van der Waals surface area contributed by atoms with Crippen LogP contribution in [-0.4, -0.2) is 35.6 Å². The van der Waals surface area contributed by atoms with Gasteiger partial charge in [-0.25, -0.2) is 0 Å². The Morgan fingerprint density at radius 2 is 2.00 bits per heavy atom. The van der Waals surface area contributed by atoms with Crippen LogP contribution in [0.4, 0.5) is 5.69 Å². The first kappa shape index (κ1) is 18.7. The number of anilines is 1. The number of nitrogens with two attached hydrogens (primary N) is 2. The second-order valence-electron chi connectivity index (χ2n) is 7.47. The van der Waals surface area contributed by atoms with Gasteiger partial charge in [-0.2, -0.15) is 0 Å². The molecule has 1 amide bonds. The van der Waals surface area contributed by atoms with E-state index in [9.17, 15) is 4.79 Å². The minimum atomic E-state index is -0.0214. The third-order valence-corrected chi connectivity index (χ3v) is 5.84. The lowest BCUT2D eigenvalue weighted by Crippen LogP contribution is -2.46. The van der Waals surface area contributed by atoms with Gasteiger partial charge in [0.05, 0.1) is 6.61 Å². The molecule has 0 saturated carbocycles. The quantitative estimate of drug-likeness (QED) is 0.690. The zero-order chi connectivity index (χ0) is 19.7. The highest BCUT2D eigenvalue weighted by atomic mass is 32.1. The molecule has 7 heteroatoms. The molecule has 0 unspecified atom stereocenters. The largest absolute Gasteiger partial charge is 0.492 e. The number of carbonyl (C=O) groups is 1. The topological polar surface area (TPSA) is 93.6 Å². The van der Waals surface area contributed by atoms with Gasteiger partial charge in [-0.15, -0.1) is 0 Å². The van der Waals surface area contributed by atoms with Crippen LogP contribution >= 0.6 is 12.2 Å². The van der Waals surface area contributed by atoms with E-state index < -0.39 is 0 Å². The summed E-state index contributed by atoms with van der Waals surface area (Å²) >= 11 is 4.87. The fourth-order valence-corrected chi connectivity index (χ4v) is 4.26. The van der Waals surface area contributed by atoms with Gasteiger partial charge in [-0.05, 0) is 54.9 Å². The molecule has 146 valence electrons. The molecule has 0 radical (unpaired) electrons. The van der Waals surface area contributed by atoms with Crippen molar-refractivity contribution in [3.63, 3.8) is 0 Å². The number of likely N-dealkylation sites (tertiary alicyclic amines) is 1. The molecule has 1 spiro atoms. The molecule has 0 aliphatic carbocycles. The van der Waals surface area contributed by atoms with E-state index in [0.717, 1.165) is 29.8 Å². The summed E-state index contributed by atoms with van der Waals surface area (Å²) in [5.41, 5.74) is 15.0. The number of benzene rings is 2. The van der Waals surface area contributed by atoms with Crippen molar-refractivity contribution in [2.75, 3.05) is 25.0 Å². The highest BCUT2D eigenvalue weighted by molar-refractivity contribution is 7.80. The van der Waals surface area contributed by atoms with Crippen LogP contribution in [0.25, 0.3) is 0 Å². The molecule has 0 bridgehead atoms. The Morgan fingerprint density at radius 1 is 1.21 bits per heavy atom. The van der Waals surface area contributed by atoms with E-state index >= 15 is 0 Å². The van der Waals surface area contributed by atoms with Gasteiger partial charge in [-0.3, -0.25) is 4.79 Å². The van der Waals surface area contributed by atoms with E-state index in [1.54, 1.807) is 6.07 Å². The van der Waals surface area contributed by atoms with Crippen LogP contribution in [0.1, 0.15) is 34.3 Å². The summed E-state index contributed by atoms with van der Waals surface area (Å²) in [6, 6.07) is 13.5. The van der Waals surface area contributed by atoms with E-state index in [1.165, 1.54) is 5.56 Å². The number of amides is 1. The molecule has 2 aromatic carbocycles. The van der Waals surface area contributed by atoms with Crippen molar-refractivity contribution in [3.05, 3.63) is 59.2 Å². The fourth-order valence-electron chi connectivity index (χ4n) is 4.14. The summed E-state index contributed by atoms with van der Waals surface area (Å²) in [6.07, 6.45) is 1.76. The summed E-state index contributed by atoms with van der Waals surface area (Å²) < 4.78 is 5.95. The predicted octanol–water partition coefficient (Wildman–Crippen LogP) is 2.37. The Morgan fingerprint density at radius 3 is 2.71 bits per heavy atom. The van der Waals surface area contributed by atoms with Crippen molar-refractivity contribution in [2.24, 2.45) is 11.5 Å². The number of carbonyl (C=O) groups excluding carboxylic acids is 1.